The van der Waals surface area contributed by atoms with Crippen LogP contribution in [0.3, 0.4) is 0 Å². The van der Waals surface area contributed by atoms with Crippen LogP contribution in [0.15, 0.2) is 42.5 Å². The van der Waals surface area contributed by atoms with Crippen molar-refractivity contribution in [1.29, 1.82) is 0 Å². The molecule has 122 valence electrons. The Kier molecular flexibility index (Phi) is 4.43. The fourth-order valence-electron chi connectivity index (χ4n) is 2.09. The fourth-order valence-corrected chi connectivity index (χ4v) is 2.25. The van der Waals surface area contributed by atoms with Crippen LogP contribution in [-0.4, -0.2) is 5.24 Å². The van der Waals surface area contributed by atoms with Gasteiger partial charge < -0.3 is 0 Å². The quantitative estimate of drug-likeness (QED) is 0.495. The Bertz CT molecular complexity index is 731. The average molecular weight is 353 g/mol. The molecule has 1 nitrogen and oxygen atoms in total. The highest BCUT2D eigenvalue weighted by Gasteiger charge is 2.36. The van der Waals surface area contributed by atoms with Gasteiger partial charge in [0, 0.05) is 11.1 Å². The van der Waals surface area contributed by atoms with E-state index in [4.69, 9.17) is 11.6 Å². The van der Waals surface area contributed by atoms with Crippen LogP contribution < -0.4 is 0 Å². The fraction of sp³-hybridized carbons (Fsp3) is 0.133. The minimum Gasteiger partial charge on any atom is -0.276 e. The maximum atomic E-state index is 13.1. The van der Waals surface area contributed by atoms with Crippen molar-refractivity contribution in [1.82, 2.24) is 0 Å². The van der Waals surface area contributed by atoms with Gasteiger partial charge in [0.25, 0.3) is 5.24 Å². The van der Waals surface area contributed by atoms with Crippen molar-refractivity contribution in [3.8, 4) is 11.1 Å². The third kappa shape index (κ3) is 3.67. The van der Waals surface area contributed by atoms with Crippen molar-refractivity contribution in [2.45, 2.75) is 12.4 Å². The van der Waals surface area contributed by atoms with Crippen molar-refractivity contribution in [3.63, 3.8) is 0 Å². The molecule has 0 N–H and O–H groups in total. The van der Waals surface area contributed by atoms with Gasteiger partial charge in [-0.05, 0) is 41.4 Å². The minimum atomic E-state index is -4.79. The van der Waals surface area contributed by atoms with Crippen LogP contribution >= 0.6 is 11.6 Å². The zero-order valence-corrected chi connectivity index (χ0v) is 11.9. The number of hydrogen-bond donors (Lipinski definition) is 0. The van der Waals surface area contributed by atoms with Crippen LogP contribution in [0.4, 0.5) is 26.3 Å². The first-order valence-electron chi connectivity index (χ1n) is 6.09. The Hall–Kier alpha value is -2.02. The van der Waals surface area contributed by atoms with Gasteiger partial charge in [-0.15, -0.1) is 0 Å². The Morgan fingerprint density at radius 2 is 1.39 bits per heavy atom. The molecule has 23 heavy (non-hydrogen) atoms. The van der Waals surface area contributed by atoms with E-state index in [-0.39, 0.29) is 5.56 Å². The molecule has 0 heterocycles. The number of rotatable bonds is 2. The molecule has 2 aromatic rings. The van der Waals surface area contributed by atoms with Crippen LogP contribution in [0.1, 0.15) is 21.5 Å². The number of halogens is 7. The summed E-state index contributed by atoms with van der Waals surface area (Å²) in [5, 5.41) is -1.13. The van der Waals surface area contributed by atoms with Crippen LogP contribution in [0.2, 0.25) is 0 Å². The van der Waals surface area contributed by atoms with Gasteiger partial charge in [0.2, 0.25) is 0 Å². The molecule has 0 aromatic heterocycles. The van der Waals surface area contributed by atoms with Gasteiger partial charge in [-0.2, -0.15) is 26.3 Å². The normalized spacial score (nSPS) is 12.3. The van der Waals surface area contributed by atoms with E-state index in [1.807, 2.05) is 0 Å². The smallest absolute Gasteiger partial charge is 0.276 e. The van der Waals surface area contributed by atoms with Gasteiger partial charge in [-0.3, -0.25) is 4.79 Å². The average Bonchev–Trinajstić information content (AvgIpc) is 2.44. The zero-order chi connectivity index (χ0) is 17.4. The summed E-state index contributed by atoms with van der Waals surface area (Å²) in [4.78, 5) is 11.4. The summed E-state index contributed by atoms with van der Waals surface area (Å²) in [7, 11) is 0. The molecule has 0 amide bonds. The van der Waals surface area contributed by atoms with Gasteiger partial charge >= 0.3 is 12.4 Å². The highest BCUT2D eigenvalue weighted by Crippen LogP contribution is 2.40. The van der Waals surface area contributed by atoms with Crippen LogP contribution in [0, 0.1) is 0 Å². The largest absolute Gasteiger partial charge is 0.417 e. The summed E-state index contributed by atoms with van der Waals surface area (Å²) >= 11 is 5.30. The predicted octanol–water partition coefficient (Wildman–Crippen LogP) is 5.77. The molecule has 2 aromatic carbocycles. The lowest BCUT2D eigenvalue weighted by atomic mass is 9.93. The molecule has 0 fully saturated rings. The van der Waals surface area contributed by atoms with Crippen LogP contribution in [0.5, 0.6) is 0 Å². The number of benzene rings is 2. The maximum absolute atomic E-state index is 13.1. The topological polar surface area (TPSA) is 17.1 Å². The summed E-state index contributed by atoms with van der Waals surface area (Å²) in [6, 6.07) is 5.85. The maximum Gasteiger partial charge on any atom is 0.417 e. The Morgan fingerprint density at radius 1 is 0.826 bits per heavy atom. The van der Waals surface area contributed by atoms with E-state index in [1.54, 1.807) is 0 Å². The lowest BCUT2D eigenvalue weighted by Gasteiger charge is -2.16. The molecular weight excluding hydrogens is 346 g/mol. The number of alkyl halides is 6. The van der Waals surface area contributed by atoms with Gasteiger partial charge in [-0.1, -0.05) is 18.2 Å². The van der Waals surface area contributed by atoms with E-state index in [1.165, 1.54) is 0 Å². The molecule has 0 spiro atoms. The van der Waals surface area contributed by atoms with Crippen LogP contribution in [-0.2, 0) is 12.4 Å². The summed E-state index contributed by atoms with van der Waals surface area (Å²) in [5.41, 5.74) is -3.32. The van der Waals surface area contributed by atoms with Gasteiger partial charge in [0.15, 0.2) is 0 Å². The van der Waals surface area contributed by atoms with Crippen molar-refractivity contribution >= 4 is 16.8 Å². The molecule has 0 unspecified atom stereocenters. The van der Waals surface area contributed by atoms with E-state index in [2.05, 4.69) is 0 Å². The lowest BCUT2D eigenvalue weighted by Crippen LogP contribution is -2.10. The summed E-state index contributed by atoms with van der Waals surface area (Å²) in [5.74, 6) is 0. The van der Waals surface area contributed by atoms with Crippen LogP contribution in [0.25, 0.3) is 11.1 Å². The molecule has 0 aliphatic rings. The highest BCUT2D eigenvalue weighted by molar-refractivity contribution is 6.68. The second kappa shape index (κ2) is 5.88. The summed E-state index contributed by atoms with van der Waals surface area (Å²) in [6.07, 6.45) is -9.41. The lowest BCUT2D eigenvalue weighted by molar-refractivity contribution is -0.138. The van der Waals surface area contributed by atoms with Crippen molar-refractivity contribution in [2.75, 3.05) is 0 Å². The molecule has 0 aliphatic carbocycles. The number of hydrogen-bond acceptors (Lipinski definition) is 1. The van der Waals surface area contributed by atoms with Crippen molar-refractivity contribution in [2.24, 2.45) is 0 Å². The van der Waals surface area contributed by atoms with Gasteiger partial charge in [-0.25, -0.2) is 0 Å². The standard InChI is InChI=1S/C15H7ClF6O/c16-13(23)10-2-1-3-11(15(20,21)22)12(10)8-4-6-9(7-5-8)14(17,18)19/h1-7H. The molecule has 0 saturated carbocycles. The Morgan fingerprint density at radius 3 is 1.83 bits per heavy atom. The second-order valence-electron chi connectivity index (χ2n) is 4.57. The molecule has 8 heteroatoms. The van der Waals surface area contributed by atoms with Crippen molar-refractivity contribution < 1.29 is 31.1 Å². The molecule has 0 atom stereocenters. The molecule has 2 rings (SSSR count). The Labute approximate surface area is 131 Å². The van der Waals surface area contributed by atoms with Crippen molar-refractivity contribution in [3.05, 3.63) is 59.2 Å². The first-order chi connectivity index (χ1) is 10.5. The molecular formula is C15H7ClF6O. The van der Waals surface area contributed by atoms with Gasteiger partial charge in [0.05, 0.1) is 11.1 Å². The second-order valence-corrected chi connectivity index (χ2v) is 4.92. The monoisotopic (exact) mass is 352 g/mol. The minimum absolute atomic E-state index is 0.185. The predicted molar refractivity (Wildman–Crippen MR) is 72.1 cm³/mol. The zero-order valence-electron chi connectivity index (χ0n) is 11.1. The molecule has 0 saturated heterocycles. The molecule has 0 aliphatic heterocycles. The van der Waals surface area contributed by atoms with E-state index >= 15 is 0 Å². The number of carbonyl (C=O) groups excluding carboxylic acids is 1. The molecule has 0 radical (unpaired) electrons. The highest BCUT2D eigenvalue weighted by atomic mass is 35.5. The van der Waals surface area contributed by atoms with E-state index < -0.39 is 39.8 Å². The van der Waals surface area contributed by atoms with Gasteiger partial charge in [0.1, 0.15) is 0 Å². The third-order valence-corrected chi connectivity index (χ3v) is 3.29. The SMILES string of the molecule is O=C(Cl)c1cccc(C(F)(F)F)c1-c1ccc(C(F)(F)F)cc1. The first-order valence-corrected chi connectivity index (χ1v) is 6.47. The third-order valence-electron chi connectivity index (χ3n) is 3.08. The summed E-state index contributed by atoms with van der Waals surface area (Å²) in [6.45, 7) is 0. The summed E-state index contributed by atoms with van der Waals surface area (Å²) < 4.78 is 77.0. The first kappa shape index (κ1) is 17.3. The van der Waals surface area contributed by atoms with E-state index in [9.17, 15) is 31.1 Å². The molecule has 0 bridgehead atoms. The Balaban J connectivity index is 2.68. The number of carbonyl (C=O) groups is 1. The van der Waals surface area contributed by atoms with E-state index in [0.29, 0.717) is 12.1 Å². The van der Waals surface area contributed by atoms with E-state index in [0.717, 1.165) is 30.3 Å².